The van der Waals surface area contributed by atoms with Gasteiger partial charge in [0.25, 0.3) is 0 Å². The highest BCUT2D eigenvalue weighted by atomic mass is 19.1. The second-order valence-electron chi connectivity index (χ2n) is 6.41. The molecule has 1 aliphatic rings. The fourth-order valence-electron chi connectivity index (χ4n) is 3.04. The quantitative estimate of drug-likeness (QED) is 0.704. The van der Waals surface area contributed by atoms with E-state index in [1.807, 2.05) is 0 Å². The Morgan fingerprint density at radius 2 is 1.84 bits per heavy atom. The lowest BCUT2D eigenvalue weighted by atomic mass is 9.87. The Morgan fingerprint density at radius 3 is 2.48 bits per heavy atom. The summed E-state index contributed by atoms with van der Waals surface area (Å²) in [5.74, 6) is -2.03. The molecule has 1 aromatic rings. The van der Waals surface area contributed by atoms with E-state index in [1.54, 1.807) is 0 Å². The van der Waals surface area contributed by atoms with Gasteiger partial charge < -0.3 is 15.7 Å². The molecule has 0 aromatic heterocycles. The van der Waals surface area contributed by atoms with Crippen molar-refractivity contribution >= 4 is 23.5 Å². The van der Waals surface area contributed by atoms with Crippen LogP contribution in [0.2, 0.25) is 0 Å². The minimum absolute atomic E-state index is 0.0475. The molecular formula is C18H23FN2O4. The minimum Gasteiger partial charge on any atom is -0.481 e. The fraction of sp³-hybridized carbons (Fsp3) is 0.500. The van der Waals surface area contributed by atoms with Crippen molar-refractivity contribution < 1.29 is 23.9 Å². The Kier molecular flexibility index (Phi) is 6.91. The third-order valence-electron chi connectivity index (χ3n) is 4.32. The molecule has 6 nitrogen and oxygen atoms in total. The zero-order valence-electron chi connectivity index (χ0n) is 14.0. The summed E-state index contributed by atoms with van der Waals surface area (Å²) < 4.78 is 13.8. The molecule has 0 atom stereocenters. The molecule has 1 aromatic carbocycles. The lowest BCUT2D eigenvalue weighted by Crippen LogP contribution is -2.34. The van der Waals surface area contributed by atoms with Gasteiger partial charge in [0.1, 0.15) is 5.82 Å². The van der Waals surface area contributed by atoms with E-state index in [0.29, 0.717) is 12.3 Å². The van der Waals surface area contributed by atoms with Crippen molar-refractivity contribution in [3.8, 4) is 0 Å². The van der Waals surface area contributed by atoms with Crippen molar-refractivity contribution in [1.82, 2.24) is 5.32 Å². The van der Waals surface area contributed by atoms with Crippen LogP contribution in [0.15, 0.2) is 18.2 Å². The van der Waals surface area contributed by atoms with Crippen LogP contribution < -0.4 is 10.6 Å². The molecule has 0 radical (unpaired) electrons. The Morgan fingerprint density at radius 1 is 1.12 bits per heavy atom. The number of hydrogen-bond donors (Lipinski definition) is 3. The SMILES string of the molecule is O=C(O)Cc1ccc(NC(=O)CNC(=O)CC2CCCCC2)cc1F. The number of carbonyl (C=O) groups excluding carboxylic acids is 2. The van der Waals surface area contributed by atoms with Crippen LogP contribution in [0, 0.1) is 11.7 Å². The lowest BCUT2D eigenvalue weighted by molar-refractivity contribution is -0.136. The second-order valence-corrected chi connectivity index (χ2v) is 6.41. The molecule has 0 bridgehead atoms. The normalized spacial score (nSPS) is 14.8. The molecule has 1 saturated carbocycles. The average Bonchev–Trinajstić information content (AvgIpc) is 2.56. The lowest BCUT2D eigenvalue weighted by Gasteiger charge is -2.20. The van der Waals surface area contributed by atoms with E-state index in [4.69, 9.17) is 5.11 Å². The van der Waals surface area contributed by atoms with E-state index in [9.17, 15) is 18.8 Å². The Bertz CT molecular complexity index is 642. The minimum atomic E-state index is -1.13. The van der Waals surface area contributed by atoms with E-state index in [-0.39, 0.29) is 23.7 Å². The first kappa shape index (κ1) is 18.9. The summed E-state index contributed by atoms with van der Waals surface area (Å²) >= 11 is 0. The molecule has 25 heavy (non-hydrogen) atoms. The van der Waals surface area contributed by atoms with Gasteiger partial charge in [-0.15, -0.1) is 0 Å². The number of halogens is 1. The maximum atomic E-state index is 13.8. The van der Waals surface area contributed by atoms with Crippen LogP contribution >= 0.6 is 0 Å². The maximum Gasteiger partial charge on any atom is 0.307 e. The maximum absolute atomic E-state index is 13.8. The summed E-state index contributed by atoms with van der Waals surface area (Å²) in [6, 6.07) is 3.82. The summed E-state index contributed by atoms with van der Waals surface area (Å²) in [5.41, 5.74) is 0.268. The summed E-state index contributed by atoms with van der Waals surface area (Å²) in [4.78, 5) is 34.3. The van der Waals surface area contributed by atoms with Crippen LogP contribution in [0.3, 0.4) is 0 Å². The van der Waals surface area contributed by atoms with Crippen LogP contribution in [-0.2, 0) is 20.8 Å². The van der Waals surface area contributed by atoms with Crippen molar-refractivity contribution in [2.45, 2.75) is 44.9 Å². The number of aliphatic carboxylic acids is 1. The highest BCUT2D eigenvalue weighted by molar-refractivity contribution is 5.94. The number of anilines is 1. The van der Waals surface area contributed by atoms with E-state index in [0.717, 1.165) is 31.7 Å². The number of amides is 2. The van der Waals surface area contributed by atoms with Gasteiger partial charge in [-0.2, -0.15) is 0 Å². The van der Waals surface area contributed by atoms with Gasteiger partial charge in [0.05, 0.1) is 13.0 Å². The predicted octanol–water partition coefficient (Wildman–Crippen LogP) is 2.48. The van der Waals surface area contributed by atoms with Gasteiger partial charge >= 0.3 is 5.97 Å². The van der Waals surface area contributed by atoms with E-state index in [1.165, 1.54) is 18.6 Å². The molecule has 0 spiro atoms. The van der Waals surface area contributed by atoms with Gasteiger partial charge in [0.15, 0.2) is 0 Å². The number of benzene rings is 1. The average molecular weight is 350 g/mol. The Hall–Kier alpha value is -2.44. The van der Waals surface area contributed by atoms with Gasteiger partial charge in [-0.05, 0) is 36.5 Å². The van der Waals surface area contributed by atoms with Crippen LogP contribution in [0.25, 0.3) is 0 Å². The number of hydrogen-bond acceptors (Lipinski definition) is 3. The molecule has 2 amide bonds. The van der Waals surface area contributed by atoms with Crippen molar-refractivity contribution in [3.63, 3.8) is 0 Å². The summed E-state index contributed by atoms with van der Waals surface area (Å²) in [6.45, 7) is -0.177. The van der Waals surface area contributed by atoms with Gasteiger partial charge in [0.2, 0.25) is 11.8 Å². The third-order valence-corrected chi connectivity index (χ3v) is 4.32. The van der Waals surface area contributed by atoms with Crippen LogP contribution in [0.4, 0.5) is 10.1 Å². The molecule has 0 saturated heterocycles. The summed E-state index contributed by atoms with van der Waals surface area (Å²) in [7, 11) is 0. The van der Waals surface area contributed by atoms with E-state index in [2.05, 4.69) is 10.6 Å². The standard InChI is InChI=1S/C18H23FN2O4/c19-15-10-14(7-6-13(15)9-18(24)25)21-17(23)11-20-16(22)8-12-4-2-1-3-5-12/h6-7,10,12H,1-5,8-9,11H2,(H,20,22)(H,21,23)(H,24,25). The first-order valence-corrected chi connectivity index (χ1v) is 8.51. The predicted molar refractivity (Wildman–Crippen MR) is 90.6 cm³/mol. The highest BCUT2D eigenvalue weighted by Gasteiger charge is 2.17. The second kappa shape index (κ2) is 9.15. The summed E-state index contributed by atoms with van der Waals surface area (Å²) in [6.07, 6.45) is 5.67. The number of carboxylic acid groups (broad SMARTS) is 1. The number of carbonyl (C=O) groups is 3. The zero-order valence-corrected chi connectivity index (χ0v) is 14.0. The molecule has 2 rings (SSSR count). The largest absolute Gasteiger partial charge is 0.481 e. The molecule has 0 unspecified atom stereocenters. The Labute approximate surface area is 145 Å². The molecule has 136 valence electrons. The van der Waals surface area contributed by atoms with Gasteiger partial charge in [0, 0.05) is 12.1 Å². The first-order valence-electron chi connectivity index (χ1n) is 8.51. The van der Waals surface area contributed by atoms with E-state index < -0.39 is 24.1 Å². The van der Waals surface area contributed by atoms with Crippen molar-refractivity contribution in [1.29, 1.82) is 0 Å². The fourth-order valence-corrected chi connectivity index (χ4v) is 3.04. The molecular weight excluding hydrogens is 327 g/mol. The monoisotopic (exact) mass is 350 g/mol. The zero-order chi connectivity index (χ0) is 18.2. The van der Waals surface area contributed by atoms with Gasteiger partial charge in [-0.25, -0.2) is 4.39 Å². The number of nitrogens with one attached hydrogen (secondary N) is 2. The molecule has 0 heterocycles. The van der Waals surface area contributed by atoms with Crippen LogP contribution in [0.1, 0.15) is 44.1 Å². The highest BCUT2D eigenvalue weighted by Crippen LogP contribution is 2.26. The topological polar surface area (TPSA) is 95.5 Å². The van der Waals surface area contributed by atoms with E-state index >= 15 is 0 Å². The Balaban J connectivity index is 1.76. The van der Waals surface area contributed by atoms with Gasteiger partial charge in [-0.3, -0.25) is 14.4 Å². The molecule has 3 N–H and O–H groups in total. The molecule has 7 heteroatoms. The van der Waals surface area contributed by atoms with Crippen molar-refractivity contribution in [3.05, 3.63) is 29.6 Å². The van der Waals surface area contributed by atoms with Gasteiger partial charge in [-0.1, -0.05) is 25.3 Å². The van der Waals surface area contributed by atoms with Crippen LogP contribution in [-0.4, -0.2) is 29.4 Å². The molecule has 0 aliphatic heterocycles. The third kappa shape index (κ3) is 6.52. The molecule has 1 aliphatic carbocycles. The van der Waals surface area contributed by atoms with Crippen LogP contribution in [0.5, 0.6) is 0 Å². The first-order chi connectivity index (χ1) is 11.9. The summed E-state index contributed by atoms with van der Waals surface area (Å²) in [5, 5.41) is 13.7. The van der Waals surface area contributed by atoms with Crippen molar-refractivity contribution in [2.24, 2.45) is 5.92 Å². The number of rotatable bonds is 7. The van der Waals surface area contributed by atoms with Crippen molar-refractivity contribution in [2.75, 3.05) is 11.9 Å². The number of carboxylic acids is 1. The smallest absolute Gasteiger partial charge is 0.307 e. The molecule has 1 fully saturated rings.